The van der Waals surface area contributed by atoms with E-state index >= 15 is 0 Å². The molecular formula is C6H6F8O2S. The van der Waals surface area contributed by atoms with Gasteiger partial charge >= 0.3 is 12.4 Å². The van der Waals surface area contributed by atoms with Gasteiger partial charge in [0.1, 0.15) is 0 Å². The maximum atomic E-state index is 12.6. The average Bonchev–Trinajstić information content (AvgIpc) is 1.96. The Kier molecular flexibility index (Phi) is 4.77. The largest absolute Gasteiger partial charge is 0.392 e. The molecule has 104 valence electrons. The molecule has 0 aliphatic carbocycles. The lowest BCUT2D eigenvalue weighted by Gasteiger charge is -2.16. The van der Waals surface area contributed by atoms with Crippen molar-refractivity contribution in [1.82, 2.24) is 0 Å². The van der Waals surface area contributed by atoms with Crippen LogP contribution in [0.2, 0.25) is 0 Å². The number of halogens is 8. The number of rotatable bonds is 4. The van der Waals surface area contributed by atoms with Crippen molar-refractivity contribution in [3.8, 4) is 0 Å². The summed E-state index contributed by atoms with van der Waals surface area (Å²) in [5.41, 5.74) is -7.50. The van der Waals surface area contributed by atoms with Crippen LogP contribution in [0.3, 0.4) is 0 Å². The minimum Gasteiger partial charge on any atom is -0.230 e. The van der Waals surface area contributed by atoms with Crippen LogP contribution in [0, 0.1) is 0 Å². The first-order chi connectivity index (χ1) is 7.26. The first kappa shape index (κ1) is 16.4. The van der Waals surface area contributed by atoms with Gasteiger partial charge in [0.25, 0.3) is 0 Å². The van der Waals surface area contributed by atoms with Crippen LogP contribution in [0.4, 0.5) is 35.1 Å². The Bertz CT molecular complexity index is 314. The van der Waals surface area contributed by atoms with Gasteiger partial charge in [-0.05, 0) is 0 Å². The highest BCUT2D eigenvalue weighted by atomic mass is 32.2. The lowest BCUT2D eigenvalue weighted by Crippen LogP contribution is -2.33. The molecule has 11 heteroatoms. The molecule has 0 N–H and O–H groups in total. The van der Waals surface area contributed by atoms with Gasteiger partial charge in [-0.2, -0.15) is 26.3 Å². The van der Waals surface area contributed by atoms with E-state index < -0.39 is 46.0 Å². The summed E-state index contributed by atoms with van der Waals surface area (Å²) in [5, 5.41) is 0. The smallest absolute Gasteiger partial charge is 0.230 e. The van der Waals surface area contributed by atoms with Gasteiger partial charge in [-0.1, -0.05) is 0 Å². The minimum absolute atomic E-state index is 2.55. The predicted molar refractivity (Wildman–Crippen MR) is 40.1 cm³/mol. The molecule has 0 saturated heterocycles. The zero-order valence-electron chi connectivity index (χ0n) is 7.82. The lowest BCUT2D eigenvalue weighted by molar-refractivity contribution is -0.142. The van der Waals surface area contributed by atoms with Crippen LogP contribution in [-0.2, 0) is 9.84 Å². The molecule has 0 aliphatic rings. The maximum Gasteiger partial charge on any atom is 0.392 e. The third-order valence-corrected chi connectivity index (χ3v) is 3.26. The van der Waals surface area contributed by atoms with E-state index in [-0.39, 0.29) is 0 Å². The van der Waals surface area contributed by atoms with Crippen LogP contribution in [-0.4, -0.2) is 31.8 Å². The van der Waals surface area contributed by atoms with Gasteiger partial charge in [-0.15, -0.1) is 0 Å². The molecule has 0 heterocycles. The van der Waals surface area contributed by atoms with E-state index in [2.05, 4.69) is 0 Å². The molecule has 0 spiro atoms. The van der Waals surface area contributed by atoms with Crippen LogP contribution < -0.4 is 0 Å². The Morgan fingerprint density at radius 1 is 0.765 bits per heavy atom. The normalized spacial score (nSPS) is 17.9. The van der Waals surface area contributed by atoms with Crippen molar-refractivity contribution in [3.63, 3.8) is 0 Å². The first-order valence-corrected chi connectivity index (χ1v) is 5.51. The van der Waals surface area contributed by atoms with Crippen LogP contribution >= 0.6 is 0 Å². The molecule has 0 saturated carbocycles. The summed E-state index contributed by atoms with van der Waals surface area (Å²) < 4.78 is 116. The molecule has 0 fully saturated rings. The fraction of sp³-hybridized carbons (Fsp3) is 1.00. The third-order valence-electron chi connectivity index (χ3n) is 1.50. The van der Waals surface area contributed by atoms with Gasteiger partial charge in [0.15, 0.2) is 0 Å². The Balaban J connectivity index is 4.78. The van der Waals surface area contributed by atoms with Crippen molar-refractivity contribution in [1.29, 1.82) is 0 Å². The molecule has 0 amide bonds. The second kappa shape index (κ2) is 4.94. The Labute approximate surface area is 90.5 Å². The van der Waals surface area contributed by atoms with E-state index in [4.69, 9.17) is 0 Å². The molecule has 2 nitrogen and oxygen atoms in total. The summed E-state index contributed by atoms with van der Waals surface area (Å²) in [6.07, 6.45) is -15.6. The summed E-state index contributed by atoms with van der Waals surface area (Å²) in [7, 11) is -5.78. The van der Waals surface area contributed by atoms with Gasteiger partial charge in [0.2, 0.25) is 20.8 Å². The molecule has 2 atom stereocenters. The molecule has 0 aromatic heterocycles. The fourth-order valence-electron chi connectivity index (χ4n) is 0.756. The van der Waals surface area contributed by atoms with Crippen molar-refractivity contribution >= 4 is 9.84 Å². The highest BCUT2D eigenvalue weighted by Crippen LogP contribution is 2.31. The average molecular weight is 294 g/mol. The molecule has 2 unspecified atom stereocenters. The van der Waals surface area contributed by atoms with Gasteiger partial charge in [-0.3, -0.25) is 0 Å². The van der Waals surface area contributed by atoms with Crippen molar-refractivity contribution < 1.29 is 43.5 Å². The van der Waals surface area contributed by atoms with Gasteiger partial charge in [0.05, 0.1) is 12.8 Å². The summed E-state index contributed by atoms with van der Waals surface area (Å²) in [4.78, 5) is 0. The summed E-state index contributed by atoms with van der Waals surface area (Å²) in [6, 6.07) is 0. The van der Waals surface area contributed by atoms with Gasteiger partial charge < -0.3 is 0 Å². The summed E-state index contributed by atoms with van der Waals surface area (Å²) in [5.74, 6) is 0. The van der Waals surface area contributed by atoms with E-state index in [1.807, 2.05) is 0 Å². The van der Waals surface area contributed by atoms with Crippen molar-refractivity contribution in [3.05, 3.63) is 0 Å². The molecule has 0 radical (unpaired) electrons. The van der Waals surface area contributed by atoms with E-state index in [1.54, 1.807) is 0 Å². The molecule has 0 rings (SSSR count). The lowest BCUT2D eigenvalue weighted by atomic mass is 10.4. The van der Waals surface area contributed by atoms with Crippen LogP contribution in [0.15, 0.2) is 0 Å². The highest BCUT2D eigenvalue weighted by Gasteiger charge is 2.46. The predicted octanol–water partition coefficient (Wildman–Crippen LogP) is 2.90. The van der Waals surface area contributed by atoms with E-state index in [0.29, 0.717) is 0 Å². The molecule has 0 aromatic carbocycles. The van der Waals surface area contributed by atoms with Crippen LogP contribution in [0.5, 0.6) is 0 Å². The quantitative estimate of drug-likeness (QED) is 0.747. The molecular weight excluding hydrogens is 288 g/mol. The van der Waals surface area contributed by atoms with Crippen LogP contribution in [0.1, 0.15) is 12.8 Å². The number of sulfone groups is 1. The second-order valence-corrected chi connectivity index (χ2v) is 5.25. The zero-order chi connectivity index (χ0) is 14.1. The molecule has 0 aromatic rings. The van der Waals surface area contributed by atoms with E-state index in [1.165, 1.54) is 0 Å². The second-order valence-electron chi connectivity index (χ2n) is 3.05. The standard InChI is InChI=1S/C6H6F8O2S/c7-3(1-5(9,10)11)17(15,16)4(8)2-6(12,13)14/h3-4H,1-2H2. The fourth-order valence-corrected chi connectivity index (χ4v) is 1.92. The maximum absolute atomic E-state index is 12.6. The number of alkyl halides is 8. The van der Waals surface area contributed by atoms with Gasteiger partial charge in [0, 0.05) is 0 Å². The summed E-state index contributed by atoms with van der Waals surface area (Å²) in [6.45, 7) is 0. The molecule has 0 aliphatic heterocycles. The molecule has 0 bridgehead atoms. The van der Waals surface area contributed by atoms with Crippen molar-refractivity contribution in [2.45, 2.75) is 36.2 Å². The SMILES string of the molecule is O=S(=O)(C(F)CC(F)(F)F)C(F)CC(F)(F)F. The summed E-state index contributed by atoms with van der Waals surface area (Å²) >= 11 is 0. The molecule has 17 heavy (non-hydrogen) atoms. The van der Waals surface area contributed by atoms with E-state index in [0.717, 1.165) is 0 Å². The highest BCUT2D eigenvalue weighted by molar-refractivity contribution is 7.92. The van der Waals surface area contributed by atoms with Crippen LogP contribution in [0.25, 0.3) is 0 Å². The monoisotopic (exact) mass is 294 g/mol. The Morgan fingerprint density at radius 2 is 1.00 bits per heavy atom. The topological polar surface area (TPSA) is 34.1 Å². The van der Waals surface area contributed by atoms with Crippen molar-refractivity contribution in [2.75, 3.05) is 0 Å². The number of hydrogen-bond donors (Lipinski definition) is 0. The number of hydrogen-bond acceptors (Lipinski definition) is 2. The Morgan fingerprint density at radius 3 is 1.18 bits per heavy atom. The van der Waals surface area contributed by atoms with Gasteiger partial charge in [-0.25, -0.2) is 17.2 Å². The minimum atomic E-state index is -5.78. The Hall–Kier alpha value is -0.610. The third kappa shape index (κ3) is 6.03. The van der Waals surface area contributed by atoms with Crippen molar-refractivity contribution in [2.24, 2.45) is 0 Å². The van der Waals surface area contributed by atoms with E-state index in [9.17, 15) is 43.5 Å². The first-order valence-electron chi connectivity index (χ1n) is 3.90. The zero-order valence-corrected chi connectivity index (χ0v) is 8.63.